The second kappa shape index (κ2) is 4.57. The van der Waals surface area contributed by atoms with Crippen LogP contribution in [0.4, 0.5) is 0 Å². The standard InChI is InChI=1S/C20H20O/c1-19-12-13-20(21-19,18-10-6-3-7-11-18)15-17(14-19)16-8-4-2-5-9-16/h2-11,15H,12-14H2,1H3/t19-,20+/m1/s1. The minimum absolute atomic E-state index is 0.0320. The number of hydrogen-bond donors (Lipinski definition) is 0. The molecule has 1 nitrogen and oxygen atoms in total. The van der Waals surface area contributed by atoms with Gasteiger partial charge in [0.15, 0.2) is 0 Å². The molecule has 1 heteroatoms. The molecule has 2 aromatic rings. The molecule has 2 aliphatic heterocycles. The van der Waals surface area contributed by atoms with Crippen molar-refractivity contribution in [3.8, 4) is 0 Å². The molecule has 0 aliphatic carbocycles. The third kappa shape index (κ3) is 2.13. The first-order valence-electron chi connectivity index (χ1n) is 7.72. The fourth-order valence-corrected chi connectivity index (χ4v) is 3.80. The SMILES string of the molecule is C[C@@]12CC[C@@](c3ccccc3)(C=C(c3ccccc3)C1)O2. The van der Waals surface area contributed by atoms with E-state index >= 15 is 0 Å². The van der Waals surface area contributed by atoms with Crippen LogP contribution in [0.3, 0.4) is 0 Å². The van der Waals surface area contributed by atoms with Gasteiger partial charge in [-0.2, -0.15) is 0 Å². The molecular weight excluding hydrogens is 256 g/mol. The van der Waals surface area contributed by atoms with Crippen LogP contribution in [0.1, 0.15) is 37.3 Å². The molecule has 4 rings (SSSR count). The Kier molecular flexibility index (Phi) is 2.80. The van der Waals surface area contributed by atoms with Crippen LogP contribution in [0.25, 0.3) is 5.57 Å². The van der Waals surface area contributed by atoms with Gasteiger partial charge < -0.3 is 4.74 Å². The highest BCUT2D eigenvalue weighted by atomic mass is 16.5. The van der Waals surface area contributed by atoms with Gasteiger partial charge in [-0.3, -0.25) is 0 Å². The molecule has 2 bridgehead atoms. The molecule has 1 fully saturated rings. The van der Waals surface area contributed by atoms with Gasteiger partial charge in [0.25, 0.3) is 0 Å². The van der Waals surface area contributed by atoms with Crippen molar-refractivity contribution < 1.29 is 4.74 Å². The molecule has 2 heterocycles. The molecule has 0 spiro atoms. The fraction of sp³-hybridized carbons (Fsp3) is 0.300. The lowest BCUT2D eigenvalue weighted by Gasteiger charge is -2.37. The normalized spacial score (nSPS) is 31.0. The van der Waals surface area contributed by atoms with E-state index in [2.05, 4.69) is 73.7 Å². The molecule has 0 amide bonds. The zero-order valence-electron chi connectivity index (χ0n) is 12.4. The third-order valence-corrected chi connectivity index (χ3v) is 4.83. The van der Waals surface area contributed by atoms with Gasteiger partial charge >= 0.3 is 0 Å². The van der Waals surface area contributed by atoms with E-state index in [0.29, 0.717) is 0 Å². The van der Waals surface area contributed by atoms with Crippen LogP contribution >= 0.6 is 0 Å². The number of rotatable bonds is 2. The molecule has 2 aromatic carbocycles. The first-order valence-corrected chi connectivity index (χ1v) is 7.72. The van der Waals surface area contributed by atoms with Crippen LogP contribution in [0, 0.1) is 0 Å². The maximum absolute atomic E-state index is 6.53. The van der Waals surface area contributed by atoms with Gasteiger partial charge in [-0.15, -0.1) is 0 Å². The average molecular weight is 276 g/mol. The summed E-state index contributed by atoms with van der Waals surface area (Å²) in [7, 11) is 0. The Morgan fingerprint density at radius 1 is 0.857 bits per heavy atom. The van der Waals surface area contributed by atoms with Gasteiger partial charge in [-0.1, -0.05) is 60.7 Å². The van der Waals surface area contributed by atoms with Gasteiger partial charge in [0.05, 0.1) is 5.60 Å². The van der Waals surface area contributed by atoms with Crippen molar-refractivity contribution >= 4 is 5.57 Å². The van der Waals surface area contributed by atoms with E-state index < -0.39 is 0 Å². The predicted octanol–water partition coefficient (Wildman–Crippen LogP) is 4.94. The zero-order valence-corrected chi connectivity index (χ0v) is 12.4. The molecule has 0 unspecified atom stereocenters. The van der Waals surface area contributed by atoms with Crippen LogP contribution in [0.2, 0.25) is 0 Å². The Morgan fingerprint density at radius 3 is 2.24 bits per heavy atom. The summed E-state index contributed by atoms with van der Waals surface area (Å²) >= 11 is 0. The highest BCUT2D eigenvalue weighted by Gasteiger charge is 2.50. The van der Waals surface area contributed by atoms with E-state index in [9.17, 15) is 0 Å². The Balaban J connectivity index is 1.84. The van der Waals surface area contributed by atoms with Gasteiger partial charge in [-0.05, 0) is 42.5 Å². The second-order valence-electron chi connectivity index (χ2n) is 6.52. The highest BCUT2D eigenvalue weighted by Crippen LogP contribution is 2.53. The highest BCUT2D eigenvalue weighted by molar-refractivity contribution is 5.69. The Bertz CT molecular complexity index is 673. The van der Waals surface area contributed by atoms with E-state index in [-0.39, 0.29) is 11.2 Å². The summed E-state index contributed by atoms with van der Waals surface area (Å²) in [5, 5.41) is 0. The topological polar surface area (TPSA) is 9.23 Å². The van der Waals surface area contributed by atoms with Crippen LogP contribution in [-0.2, 0) is 10.3 Å². The maximum Gasteiger partial charge on any atom is 0.113 e. The summed E-state index contributed by atoms with van der Waals surface area (Å²) in [6, 6.07) is 21.4. The molecule has 2 atom stereocenters. The number of hydrogen-bond acceptors (Lipinski definition) is 1. The smallest absolute Gasteiger partial charge is 0.113 e. The van der Waals surface area contributed by atoms with E-state index in [0.717, 1.165) is 19.3 Å². The fourth-order valence-electron chi connectivity index (χ4n) is 3.80. The van der Waals surface area contributed by atoms with Crippen LogP contribution in [0.15, 0.2) is 66.7 Å². The molecule has 21 heavy (non-hydrogen) atoms. The Hall–Kier alpha value is -1.86. The summed E-state index contributed by atoms with van der Waals surface area (Å²) in [4.78, 5) is 0. The summed E-state index contributed by atoms with van der Waals surface area (Å²) < 4.78 is 6.53. The molecule has 1 saturated heterocycles. The molecule has 0 saturated carbocycles. The average Bonchev–Trinajstić information content (AvgIpc) is 2.79. The Morgan fingerprint density at radius 2 is 1.52 bits per heavy atom. The summed E-state index contributed by atoms with van der Waals surface area (Å²) in [6.45, 7) is 2.26. The lowest BCUT2D eigenvalue weighted by molar-refractivity contribution is -0.0769. The number of fused-ring (bicyclic) bond motifs is 2. The van der Waals surface area contributed by atoms with Crippen molar-refractivity contribution in [3.05, 3.63) is 77.9 Å². The van der Waals surface area contributed by atoms with Crippen LogP contribution in [-0.4, -0.2) is 5.60 Å². The van der Waals surface area contributed by atoms with Crippen molar-refractivity contribution in [1.29, 1.82) is 0 Å². The van der Waals surface area contributed by atoms with Gasteiger partial charge in [0, 0.05) is 6.42 Å². The van der Waals surface area contributed by atoms with Gasteiger partial charge in [0.2, 0.25) is 0 Å². The van der Waals surface area contributed by atoms with Crippen molar-refractivity contribution in [2.24, 2.45) is 0 Å². The van der Waals surface area contributed by atoms with Crippen molar-refractivity contribution in [2.75, 3.05) is 0 Å². The summed E-state index contributed by atoms with van der Waals surface area (Å²) in [6.07, 6.45) is 5.57. The van der Waals surface area contributed by atoms with Crippen LogP contribution < -0.4 is 0 Å². The number of benzene rings is 2. The largest absolute Gasteiger partial charge is 0.360 e. The predicted molar refractivity (Wildman–Crippen MR) is 85.9 cm³/mol. The molecule has 0 N–H and O–H groups in total. The quantitative estimate of drug-likeness (QED) is 0.755. The van der Waals surface area contributed by atoms with E-state index in [1.54, 1.807) is 0 Å². The van der Waals surface area contributed by atoms with E-state index in [1.165, 1.54) is 16.7 Å². The minimum atomic E-state index is -0.237. The molecule has 106 valence electrons. The zero-order chi connectivity index (χ0) is 14.3. The summed E-state index contributed by atoms with van der Waals surface area (Å²) in [5.41, 5.74) is 3.76. The van der Waals surface area contributed by atoms with Crippen molar-refractivity contribution in [1.82, 2.24) is 0 Å². The molecule has 0 radical (unpaired) electrons. The minimum Gasteiger partial charge on any atom is -0.360 e. The van der Waals surface area contributed by atoms with Crippen molar-refractivity contribution in [2.45, 2.75) is 37.4 Å². The lowest BCUT2D eigenvalue weighted by Crippen LogP contribution is -2.34. The first-order chi connectivity index (χ1) is 10.2. The van der Waals surface area contributed by atoms with Crippen LogP contribution in [0.5, 0.6) is 0 Å². The van der Waals surface area contributed by atoms with Crippen molar-refractivity contribution in [3.63, 3.8) is 0 Å². The second-order valence-corrected chi connectivity index (χ2v) is 6.52. The monoisotopic (exact) mass is 276 g/mol. The van der Waals surface area contributed by atoms with E-state index in [1.807, 2.05) is 0 Å². The summed E-state index contributed by atoms with van der Waals surface area (Å²) in [5.74, 6) is 0. The Labute approximate surface area is 126 Å². The third-order valence-electron chi connectivity index (χ3n) is 4.83. The van der Waals surface area contributed by atoms with E-state index in [4.69, 9.17) is 4.74 Å². The molecule has 2 aliphatic rings. The van der Waals surface area contributed by atoms with Gasteiger partial charge in [0.1, 0.15) is 5.60 Å². The molecule has 0 aromatic heterocycles. The number of ether oxygens (including phenoxy) is 1. The first kappa shape index (κ1) is 12.8. The maximum atomic E-state index is 6.53. The molecular formula is C20H20O. The lowest BCUT2D eigenvalue weighted by atomic mass is 9.86. The van der Waals surface area contributed by atoms with Gasteiger partial charge in [-0.25, -0.2) is 0 Å².